The van der Waals surface area contributed by atoms with Crippen LogP contribution in [0.2, 0.25) is 0 Å². The molecule has 0 bridgehead atoms. The fourth-order valence-electron chi connectivity index (χ4n) is 3.88. The second kappa shape index (κ2) is 5.71. The van der Waals surface area contributed by atoms with E-state index in [4.69, 9.17) is 23.4 Å². The Labute approximate surface area is 163 Å². The first-order valence-corrected chi connectivity index (χ1v) is 9.82. The van der Waals surface area contributed by atoms with Gasteiger partial charge >= 0.3 is 11.6 Å². The van der Waals surface area contributed by atoms with Crippen LogP contribution < -0.4 is 15.1 Å². The van der Waals surface area contributed by atoms with E-state index in [2.05, 4.69) is 31.9 Å². The van der Waals surface area contributed by atoms with Crippen molar-refractivity contribution < 1.29 is 28.2 Å². The van der Waals surface area contributed by atoms with Gasteiger partial charge in [-0.25, -0.2) is 9.59 Å². The summed E-state index contributed by atoms with van der Waals surface area (Å²) in [5.41, 5.74) is 0.940. The van der Waals surface area contributed by atoms with Crippen LogP contribution in [0.25, 0.3) is 11.0 Å². The van der Waals surface area contributed by atoms with Crippen LogP contribution in [-0.2, 0) is 15.9 Å². The third kappa shape index (κ3) is 2.07. The molecule has 0 amide bonds. The van der Waals surface area contributed by atoms with E-state index < -0.39 is 17.9 Å². The van der Waals surface area contributed by atoms with Gasteiger partial charge in [-0.2, -0.15) is 0 Å². The second-order valence-electron chi connectivity index (χ2n) is 6.27. The summed E-state index contributed by atoms with van der Waals surface area (Å²) in [6, 6.07) is 1.75. The van der Waals surface area contributed by atoms with Gasteiger partial charge in [0, 0.05) is 18.1 Å². The van der Waals surface area contributed by atoms with Gasteiger partial charge < -0.3 is 23.4 Å². The molecule has 7 nitrogen and oxygen atoms in total. The van der Waals surface area contributed by atoms with Crippen LogP contribution in [-0.4, -0.2) is 35.8 Å². The van der Waals surface area contributed by atoms with Gasteiger partial charge in [0.15, 0.2) is 0 Å². The lowest BCUT2D eigenvalue weighted by Gasteiger charge is -2.20. The monoisotopic (exact) mass is 486 g/mol. The Morgan fingerprint density at radius 2 is 2.08 bits per heavy atom. The molecule has 3 aliphatic rings. The molecule has 1 fully saturated rings. The molecule has 0 spiro atoms. The summed E-state index contributed by atoms with van der Waals surface area (Å²) in [7, 11) is 1.52. The zero-order valence-corrected chi connectivity index (χ0v) is 16.6. The Kier molecular flexibility index (Phi) is 3.64. The summed E-state index contributed by atoms with van der Waals surface area (Å²) < 4.78 is 27.8. The highest BCUT2D eigenvalue weighted by Crippen LogP contribution is 2.54. The lowest BCUT2D eigenvalue weighted by Crippen LogP contribution is -2.26. The molecule has 2 aromatic rings. The molecule has 0 saturated carbocycles. The van der Waals surface area contributed by atoms with Gasteiger partial charge in [-0.05, 0) is 5.56 Å². The van der Waals surface area contributed by atoms with Gasteiger partial charge in [-0.15, -0.1) is 0 Å². The maximum atomic E-state index is 12.5. The molecule has 4 heterocycles. The van der Waals surface area contributed by atoms with E-state index in [1.807, 2.05) is 0 Å². The quantitative estimate of drug-likeness (QED) is 0.347. The van der Waals surface area contributed by atoms with Gasteiger partial charge in [0.25, 0.3) is 0 Å². The Bertz CT molecular complexity index is 1010. The molecule has 3 aliphatic heterocycles. The minimum Gasteiger partial charge on any atom is -0.496 e. The number of esters is 1. The minimum atomic E-state index is -0.712. The lowest BCUT2D eigenvalue weighted by atomic mass is 9.92. The summed E-state index contributed by atoms with van der Waals surface area (Å²) in [6.07, 6.45) is -0.0804. The first-order chi connectivity index (χ1) is 12.5. The average molecular weight is 488 g/mol. The van der Waals surface area contributed by atoms with Crippen molar-refractivity contribution in [3.63, 3.8) is 0 Å². The number of alkyl halides is 2. The standard InChI is InChI=1S/C17H12Br2O7/c1-22-6-4-7-10(11-12(18)14(19)26-17(11)24-7)13-8(6)5-2-3-23-15(20)9(5)16(21)25-13/h4,11-12,14,17H,2-3H2,1H3/t11-,12?,14?,17+/m1/s1. The predicted octanol–water partition coefficient (Wildman–Crippen LogP) is 2.83. The summed E-state index contributed by atoms with van der Waals surface area (Å²) in [5.74, 6) is 0.200. The number of hydrogen-bond donors (Lipinski definition) is 0. The fraction of sp³-hybridized carbons (Fsp3) is 0.412. The van der Waals surface area contributed by atoms with Crippen molar-refractivity contribution in [2.45, 2.75) is 28.5 Å². The highest BCUT2D eigenvalue weighted by molar-refractivity contribution is 9.12. The van der Waals surface area contributed by atoms with E-state index in [9.17, 15) is 9.59 Å². The molecule has 2 unspecified atom stereocenters. The molecule has 26 heavy (non-hydrogen) atoms. The van der Waals surface area contributed by atoms with Gasteiger partial charge in [-0.3, -0.25) is 0 Å². The van der Waals surface area contributed by atoms with Crippen molar-refractivity contribution in [3.8, 4) is 11.5 Å². The van der Waals surface area contributed by atoms with Crippen LogP contribution in [0.4, 0.5) is 0 Å². The van der Waals surface area contributed by atoms with Crippen LogP contribution in [0.1, 0.15) is 27.4 Å². The topological polar surface area (TPSA) is 84.2 Å². The van der Waals surface area contributed by atoms with Crippen molar-refractivity contribution in [3.05, 3.63) is 33.2 Å². The highest BCUT2D eigenvalue weighted by Gasteiger charge is 2.51. The number of rotatable bonds is 1. The molecule has 0 radical (unpaired) electrons. The number of fused-ring (bicyclic) bond motifs is 7. The maximum absolute atomic E-state index is 12.5. The van der Waals surface area contributed by atoms with Crippen LogP contribution >= 0.6 is 31.9 Å². The van der Waals surface area contributed by atoms with Gasteiger partial charge in [-0.1, -0.05) is 31.9 Å². The first kappa shape index (κ1) is 16.6. The van der Waals surface area contributed by atoms with Gasteiger partial charge in [0.1, 0.15) is 27.7 Å². The van der Waals surface area contributed by atoms with E-state index >= 15 is 0 Å². The Morgan fingerprint density at radius 1 is 1.27 bits per heavy atom. The van der Waals surface area contributed by atoms with Crippen LogP contribution in [0.15, 0.2) is 15.3 Å². The largest absolute Gasteiger partial charge is 0.496 e. The number of methoxy groups -OCH3 is 1. The Morgan fingerprint density at radius 3 is 2.85 bits per heavy atom. The summed E-state index contributed by atoms with van der Waals surface area (Å²) in [5, 5.41) is 0.376. The Balaban J connectivity index is 1.88. The first-order valence-electron chi connectivity index (χ1n) is 7.99. The zero-order chi connectivity index (χ0) is 18.2. The fourth-order valence-corrected chi connectivity index (χ4v) is 5.06. The molecule has 1 aromatic heterocycles. The third-order valence-electron chi connectivity index (χ3n) is 4.98. The second-order valence-corrected chi connectivity index (χ2v) is 8.23. The van der Waals surface area contributed by atoms with Crippen molar-refractivity contribution in [2.24, 2.45) is 0 Å². The third-order valence-corrected chi connectivity index (χ3v) is 7.53. The van der Waals surface area contributed by atoms with E-state index in [1.54, 1.807) is 6.07 Å². The molecule has 1 saturated heterocycles. The normalized spacial score (nSPS) is 29.0. The van der Waals surface area contributed by atoms with E-state index in [1.165, 1.54) is 7.11 Å². The zero-order valence-electron chi connectivity index (χ0n) is 13.4. The van der Waals surface area contributed by atoms with Gasteiger partial charge in [0.05, 0.1) is 29.8 Å². The van der Waals surface area contributed by atoms with E-state index in [-0.39, 0.29) is 27.9 Å². The Hall–Kier alpha value is -1.58. The molecule has 1 aromatic carbocycles. The molecular weight excluding hydrogens is 476 g/mol. The lowest BCUT2D eigenvalue weighted by molar-refractivity contribution is -0.0416. The SMILES string of the molecule is COc1cc2c(c3oc(=O)c4c(c13)CCOC4=O)[C@@H]1C(Br)C(Br)O[C@@H]1O2. The molecule has 0 aliphatic carbocycles. The number of hydrogen-bond acceptors (Lipinski definition) is 7. The average Bonchev–Trinajstić information content (AvgIpc) is 3.10. The highest BCUT2D eigenvalue weighted by atomic mass is 79.9. The predicted molar refractivity (Wildman–Crippen MR) is 96.7 cm³/mol. The smallest absolute Gasteiger partial charge is 0.351 e. The number of cyclic esters (lactones) is 1. The van der Waals surface area contributed by atoms with Crippen molar-refractivity contribution in [2.75, 3.05) is 13.7 Å². The van der Waals surface area contributed by atoms with E-state index in [0.717, 1.165) is 5.56 Å². The van der Waals surface area contributed by atoms with Crippen LogP contribution in [0.5, 0.6) is 11.5 Å². The van der Waals surface area contributed by atoms with Crippen molar-refractivity contribution in [1.82, 2.24) is 0 Å². The molecule has 9 heteroatoms. The molecule has 4 atom stereocenters. The van der Waals surface area contributed by atoms with Gasteiger partial charge in [0.2, 0.25) is 6.29 Å². The van der Waals surface area contributed by atoms with Crippen LogP contribution in [0, 0.1) is 0 Å². The maximum Gasteiger partial charge on any atom is 0.351 e. The molecule has 5 rings (SSSR count). The number of carbonyl (C=O) groups excluding carboxylic acids is 1. The van der Waals surface area contributed by atoms with Crippen molar-refractivity contribution >= 4 is 48.8 Å². The summed E-state index contributed by atoms with van der Waals surface area (Å²) in [4.78, 5) is 24.5. The number of carbonyl (C=O) groups is 1. The minimum absolute atomic E-state index is 0.0612. The van der Waals surface area contributed by atoms with E-state index in [0.29, 0.717) is 34.5 Å². The van der Waals surface area contributed by atoms with Crippen LogP contribution in [0.3, 0.4) is 0 Å². The summed E-state index contributed by atoms with van der Waals surface area (Å²) in [6.45, 7) is 0.209. The van der Waals surface area contributed by atoms with Crippen molar-refractivity contribution in [1.29, 1.82) is 0 Å². The summed E-state index contributed by atoms with van der Waals surface area (Å²) >= 11 is 7.09. The number of ether oxygens (including phenoxy) is 4. The number of halogens is 2. The molecule has 136 valence electrons. The molecular formula is C17H12Br2O7. The molecule has 0 N–H and O–H groups in total. The number of benzene rings is 1.